The van der Waals surface area contributed by atoms with E-state index in [1.807, 2.05) is 22.8 Å². The molecule has 1 amide bonds. The third kappa shape index (κ3) is 6.62. The average Bonchev–Trinajstić information content (AvgIpc) is 3.36. The van der Waals surface area contributed by atoms with Crippen LogP contribution in [0.2, 0.25) is 0 Å². The fourth-order valence-corrected chi connectivity index (χ4v) is 5.12. The Morgan fingerprint density at radius 1 is 0.974 bits per heavy atom. The lowest BCUT2D eigenvalue weighted by molar-refractivity contribution is -0.137. The number of para-hydroxylation sites is 1. The van der Waals surface area contributed by atoms with Crippen LogP contribution in [0.5, 0.6) is 5.75 Å². The number of ether oxygens (including phenoxy) is 1. The Morgan fingerprint density at radius 3 is 2.26 bits per heavy atom. The lowest BCUT2D eigenvalue weighted by atomic mass is 10.0. The van der Waals surface area contributed by atoms with Crippen LogP contribution in [0.3, 0.4) is 0 Å². The quantitative estimate of drug-likeness (QED) is 0.223. The summed E-state index contributed by atoms with van der Waals surface area (Å²) in [5.74, 6) is 1.18. The van der Waals surface area contributed by atoms with Gasteiger partial charge in [0.1, 0.15) is 5.75 Å². The van der Waals surface area contributed by atoms with Gasteiger partial charge in [-0.1, -0.05) is 62.0 Å². The molecule has 3 aromatic carbocycles. The maximum Gasteiger partial charge on any atom is 0.416 e. The topological polar surface area (TPSA) is 69.0 Å². The van der Waals surface area contributed by atoms with Crippen LogP contribution in [-0.2, 0) is 31.3 Å². The second-order valence-corrected chi connectivity index (χ2v) is 9.71. The zero-order valence-corrected chi connectivity index (χ0v) is 22.7. The van der Waals surface area contributed by atoms with Gasteiger partial charge in [0.15, 0.2) is 11.0 Å². The molecule has 0 unspecified atom stereocenters. The number of alkyl halides is 3. The highest BCUT2D eigenvalue weighted by Gasteiger charge is 2.30. The fourth-order valence-electron chi connectivity index (χ4n) is 4.22. The van der Waals surface area contributed by atoms with Gasteiger partial charge in [-0.3, -0.25) is 9.36 Å². The summed E-state index contributed by atoms with van der Waals surface area (Å²) >= 11 is 1.30. The first-order valence-corrected chi connectivity index (χ1v) is 13.5. The first-order valence-electron chi connectivity index (χ1n) is 12.5. The number of benzene rings is 3. The van der Waals surface area contributed by atoms with E-state index >= 15 is 0 Å². The molecule has 1 aromatic heterocycles. The van der Waals surface area contributed by atoms with Crippen molar-refractivity contribution in [2.75, 3.05) is 7.11 Å². The lowest BCUT2D eigenvalue weighted by Crippen LogP contribution is -2.25. The second kappa shape index (κ2) is 12.4. The summed E-state index contributed by atoms with van der Waals surface area (Å²) in [5, 5.41) is 12.2. The third-order valence-corrected chi connectivity index (χ3v) is 7.27. The van der Waals surface area contributed by atoms with Crippen LogP contribution in [0.25, 0.3) is 5.69 Å². The molecule has 0 saturated heterocycles. The van der Waals surface area contributed by atoms with Gasteiger partial charge in [0.05, 0.1) is 24.9 Å². The van der Waals surface area contributed by atoms with Gasteiger partial charge in [-0.25, -0.2) is 0 Å². The smallest absolute Gasteiger partial charge is 0.416 e. The second-order valence-electron chi connectivity index (χ2n) is 8.76. The molecule has 0 bridgehead atoms. The summed E-state index contributed by atoms with van der Waals surface area (Å²) in [6, 6.07) is 18.1. The van der Waals surface area contributed by atoms with Gasteiger partial charge in [-0.05, 0) is 59.9 Å². The molecule has 0 aliphatic rings. The van der Waals surface area contributed by atoms with Crippen LogP contribution in [0.15, 0.2) is 71.9 Å². The standard InChI is InChI=1S/C29H29F3N4O2S/c1-4-20-9-7-10-21(5-2)26(20)36-25(17-33-27(37)22-12-14-24(38-3)15-13-22)34-35-28(36)39-18-19-8-6-11-23(16-19)29(30,31)32/h6-16H,4-5,17-18H2,1-3H3,(H,33,37). The van der Waals surface area contributed by atoms with Crippen molar-refractivity contribution in [1.29, 1.82) is 0 Å². The van der Waals surface area contributed by atoms with E-state index in [-0.39, 0.29) is 18.2 Å². The van der Waals surface area contributed by atoms with Gasteiger partial charge in [-0.2, -0.15) is 13.2 Å². The number of nitrogens with zero attached hydrogens (tertiary/aromatic N) is 3. The summed E-state index contributed by atoms with van der Waals surface area (Å²) in [7, 11) is 1.56. The molecule has 1 N–H and O–H groups in total. The molecule has 4 aromatic rings. The van der Waals surface area contributed by atoms with Crippen molar-refractivity contribution in [2.45, 2.75) is 50.3 Å². The first kappa shape index (κ1) is 28.2. The highest BCUT2D eigenvalue weighted by molar-refractivity contribution is 7.98. The largest absolute Gasteiger partial charge is 0.497 e. The Morgan fingerprint density at radius 2 is 1.64 bits per heavy atom. The SMILES string of the molecule is CCc1cccc(CC)c1-n1c(CNC(=O)c2ccc(OC)cc2)nnc1SCc1cccc(C(F)(F)F)c1. The number of rotatable bonds is 10. The number of nitrogens with one attached hydrogen (secondary N) is 1. The Kier molecular flexibility index (Phi) is 8.96. The van der Waals surface area contributed by atoms with E-state index < -0.39 is 11.7 Å². The van der Waals surface area contributed by atoms with E-state index in [2.05, 4.69) is 29.4 Å². The fraction of sp³-hybridized carbons (Fsp3) is 0.276. The van der Waals surface area contributed by atoms with E-state index in [4.69, 9.17) is 4.74 Å². The van der Waals surface area contributed by atoms with Crippen LogP contribution < -0.4 is 10.1 Å². The summed E-state index contributed by atoms with van der Waals surface area (Å²) in [6.45, 7) is 4.23. The maximum atomic E-state index is 13.2. The summed E-state index contributed by atoms with van der Waals surface area (Å²) < 4.78 is 46.7. The zero-order valence-electron chi connectivity index (χ0n) is 21.9. The number of hydrogen-bond donors (Lipinski definition) is 1. The predicted octanol–water partition coefficient (Wildman–Crippen LogP) is 6.64. The Labute approximate surface area is 229 Å². The van der Waals surface area contributed by atoms with Crippen LogP contribution >= 0.6 is 11.8 Å². The molecule has 0 saturated carbocycles. The van der Waals surface area contributed by atoms with Crippen molar-refractivity contribution in [1.82, 2.24) is 20.1 Å². The summed E-state index contributed by atoms with van der Waals surface area (Å²) in [4.78, 5) is 12.8. The monoisotopic (exact) mass is 554 g/mol. The Hall–Kier alpha value is -3.79. The van der Waals surface area contributed by atoms with E-state index in [9.17, 15) is 18.0 Å². The van der Waals surface area contributed by atoms with Crippen LogP contribution in [0, 0.1) is 0 Å². The van der Waals surface area contributed by atoms with Gasteiger partial charge in [0, 0.05) is 11.3 Å². The third-order valence-electron chi connectivity index (χ3n) is 6.27. The Balaban J connectivity index is 1.66. The summed E-state index contributed by atoms with van der Waals surface area (Å²) in [6.07, 6.45) is -2.89. The average molecular weight is 555 g/mol. The summed E-state index contributed by atoms with van der Waals surface area (Å²) in [5.41, 5.74) is 3.42. The van der Waals surface area contributed by atoms with E-state index in [0.717, 1.165) is 41.8 Å². The number of hydrogen-bond acceptors (Lipinski definition) is 5. The normalized spacial score (nSPS) is 11.4. The molecule has 0 aliphatic heterocycles. The van der Waals surface area contributed by atoms with Crippen molar-refractivity contribution in [2.24, 2.45) is 0 Å². The predicted molar refractivity (Wildman–Crippen MR) is 145 cm³/mol. The van der Waals surface area contributed by atoms with Crippen molar-refractivity contribution in [3.63, 3.8) is 0 Å². The molecular formula is C29H29F3N4O2S. The Bertz CT molecular complexity index is 1410. The highest BCUT2D eigenvalue weighted by Crippen LogP contribution is 2.33. The van der Waals surface area contributed by atoms with E-state index in [0.29, 0.717) is 27.9 Å². The molecule has 0 atom stereocenters. The molecule has 0 radical (unpaired) electrons. The molecular weight excluding hydrogens is 525 g/mol. The van der Waals surface area contributed by atoms with Crippen molar-refractivity contribution >= 4 is 17.7 Å². The lowest BCUT2D eigenvalue weighted by Gasteiger charge is -2.18. The molecule has 0 aliphatic carbocycles. The van der Waals surface area contributed by atoms with Gasteiger partial charge in [0.25, 0.3) is 5.91 Å². The van der Waals surface area contributed by atoms with E-state index in [1.54, 1.807) is 37.4 Å². The molecule has 39 heavy (non-hydrogen) atoms. The minimum atomic E-state index is -4.41. The molecule has 0 spiro atoms. The number of amides is 1. The van der Waals surface area contributed by atoms with Gasteiger partial charge < -0.3 is 10.1 Å². The van der Waals surface area contributed by atoms with E-state index in [1.165, 1.54) is 17.8 Å². The number of halogens is 3. The molecule has 6 nitrogen and oxygen atoms in total. The van der Waals surface area contributed by atoms with Crippen LogP contribution in [0.4, 0.5) is 13.2 Å². The van der Waals surface area contributed by atoms with Crippen molar-refractivity contribution in [3.05, 3.63) is 100 Å². The van der Waals surface area contributed by atoms with Crippen molar-refractivity contribution in [3.8, 4) is 11.4 Å². The minimum absolute atomic E-state index is 0.114. The number of aromatic nitrogens is 3. The molecule has 0 fully saturated rings. The number of methoxy groups -OCH3 is 1. The molecule has 4 rings (SSSR count). The van der Waals surface area contributed by atoms with Gasteiger partial charge in [0.2, 0.25) is 0 Å². The first-order chi connectivity index (χ1) is 18.7. The minimum Gasteiger partial charge on any atom is -0.497 e. The number of carbonyl (C=O) groups excluding carboxylic acids is 1. The van der Waals surface area contributed by atoms with Crippen LogP contribution in [-0.4, -0.2) is 27.8 Å². The zero-order chi connectivity index (χ0) is 28.0. The maximum absolute atomic E-state index is 13.2. The van der Waals surface area contributed by atoms with Crippen molar-refractivity contribution < 1.29 is 22.7 Å². The highest BCUT2D eigenvalue weighted by atomic mass is 32.2. The van der Waals surface area contributed by atoms with Gasteiger partial charge >= 0.3 is 6.18 Å². The number of carbonyl (C=O) groups is 1. The molecule has 10 heteroatoms. The molecule has 1 heterocycles. The molecule has 204 valence electrons. The number of aryl methyl sites for hydroxylation is 2. The van der Waals surface area contributed by atoms with Crippen LogP contribution in [0.1, 0.15) is 52.3 Å². The van der Waals surface area contributed by atoms with Gasteiger partial charge in [-0.15, -0.1) is 10.2 Å². The number of thioether (sulfide) groups is 1.